The molecule has 0 aliphatic carbocycles. The van der Waals surface area contributed by atoms with Gasteiger partial charge in [-0.05, 0) is 25.3 Å². The summed E-state index contributed by atoms with van der Waals surface area (Å²) >= 11 is 0. The second-order valence-corrected chi connectivity index (χ2v) is 4.18. The Balaban J connectivity index is 2.23. The Morgan fingerprint density at radius 3 is 2.94 bits per heavy atom. The highest BCUT2D eigenvalue weighted by molar-refractivity contribution is 5.78. The Bertz CT molecular complexity index is 404. The maximum Gasteiger partial charge on any atom is 0.224 e. The van der Waals surface area contributed by atoms with Crippen LogP contribution in [-0.2, 0) is 11.2 Å². The Morgan fingerprint density at radius 2 is 2.24 bits per heavy atom. The number of hydrogen-bond donors (Lipinski definition) is 1. The molecule has 0 bridgehead atoms. The summed E-state index contributed by atoms with van der Waals surface area (Å²) in [6.07, 6.45) is 8.31. The Kier molecular flexibility index (Phi) is 5.88. The molecule has 2 nitrogen and oxygen atoms in total. The zero-order valence-corrected chi connectivity index (χ0v) is 10.3. The molecule has 0 saturated carbocycles. The molecule has 0 radical (unpaired) electrons. The summed E-state index contributed by atoms with van der Waals surface area (Å²) < 4.78 is 0. The first-order chi connectivity index (χ1) is 8.22. The highest BCUT2D eigenvalue weighted by Gasteiger charge is 2.02. The van der Waals surface area contributed by atoms with E-state index in [1.807, 2.05) is 31.2 Å². The fourth-order valence-electron chi connectivity index (χ4n) is 1.65. The molecule has 2 heteroatoms. The number of terminal acetylenes is 1. The van der Waals surface area contributed by atoms with Crippen LogP contribution in [0.5, 0.6) is 0 Å². The van der Waals surface area contributed by atoms with Gasteiger partial charge in [0.1, 0.15) is 0 Å². The van der Waals surface area contributed by atoms with E-state index >= 15 is 0 Å². The van der Waals surface area contributed by atoms with Crippen LogP contribution in [0.1, 0.15) is 30.4 Å². The van der Waals surface area contributed by atoms with Gasteiger partial charge in [-0.2, -0.15) is 0 Å². The Labute approximate surface area is 103 Å². The fraction of sp³-hybridized carbons (Fsp3) is 0.400. The van der Waals surface area contributed by atoms with Crippen LogP contribution in [0, 0.1) is 19.3 Å². The maximum absolute atomic E-state index is 11.6. The average molecular weight is 229 g/mol. The predicted molar refractivity (Wildman–Crippen MR) is 70.6 cm³/mol. The van der Waals surface area contributed by atoms with E-state index in [0.29, 0.717) is 13.0 Å². The number of benzene rings is 1. The van der Waals surface area contributed by atoms with Crippen LogP contribution in [0.15, 0.2) is 24.3 Å². The first-order valence-corrected chi connectivity index (χ1v) is 5.98. The van der Waals surface area contributed by atoms with Crippen molar-refractivity contribution in [3.63, 3.8) is 0 Å². The van der Waals surface area contributed by atoms with E-state index in [0.717, 1.165) is 24.8 Å². The minimum atomic E-state index is 0.0799. The molecule has 0 unspecified atom stereocenters. The van der Waals surface area contributed by atoms with Gasteiger partial charge in [-0.1, -0.05) is 29.8 Å². The van der Waals surface area contributed by atoms with Crippen LogP contribution < -0.4 is 5.32 Å². The molecule has 1 rings (SSSR count). The van der Waals surface area contributed by atoms with Crippen LogP contribution in [0.4, 0.5) is 0 Å². The average Bonchev–Trinajstić information content (AvgIpc) is 2.29. The van der Waals surface area contributed by atoms with Crippen molar-refractivity contribution in [1.82, 2.24) is 5.32 Å². The number of aryl methyl sites for hydroxylation is 1. The molecular formula is C15H19NO. The van der Waals surface area contributed by atoms with Gasteiger partial charge in [0.15, 0.2) is 0 Å². The fourth-order valence-corrected chi connectivity index (χ4v) is 1.65. The topological polar surface area (TPSA) is 29.1 Å². The highest BCUT2D eigenvalue weighted by atomic mass is 16.1. The zero-order chi connectivity index (χ0) is 12.5. The number of carbonyl (C=O) groups excluding carboxylic acids is 1. The van der Waals surface area contributed by atoms with Crippen molar-refractivity contribution < 1.29 is 4.79 Å². The van der Waals surface area contributed by atoms with E-state index < -0.39 is 0 Å². The van der Waals surface area contributed by atoms with Crippen LogP contribution in [-0.4, -0.2) is 12.5 Å². The normalized spacial score (nSPS) is 9.65. The molecule has 1 aromatic carbocycles. The largest absolute Gasteiger partial charge is 0.356 e. The Morgan fingerprint density at radius 1 is 1.41 bits per heavy atom. The molecule has 0 atom stereocenters. The van der Waals surface area contributed by atoms with Crippen LogP contribution in [0.3, 0.4) is 0 Å². The number of amides is 1. The third kappa shape index (κ3) is 5.77. The van der Waals surface area contributed by atoms with Crippen LogP contribution in [0.25, 0.3) is 0 Å². The number of carbonyl (C=O) groups is 1. The van der Waals surface area contributed by atoms with Gasteiger partial charge >= 0.3 is 0 Å². The lowest BCUT2D eigenvalue weighted by molar-refractivity contribution is -0.120. The van der Waals surface area contributed by atoms with Crippen LogP contribution in [0.2, 0.25) is 0 Å². The molecule has 17 heavy (non-hydrogen) atoms. The van der Waals surface area contributed by atoms with Crippen molar-refractivity contribution >= 4 is 5.91 Å². The molecule has 0 heterocycles. The molecule has 0 spiro atoms. The molecule has 0 fully saturated rings. The molecule has 0 aliphatic heterocycles. The monoisotopic (exact) mass is 229 g/mol. The molecule has 1 aromatic rings. The Hall–Kier alpha value is -1.75. The van der Waals surface area contributed by atoms with Crippen molar-refractivity contribution in [2.45, 2.75) is 32.6 Å². The quantitative estimate of drug-likeness (QED) is 0.589. The standard InChI is InChI=1S/C15H19NO/c1-3-4-5-6-10-16-15(17)12-14-9-7-8-13(2)11-14/h1,7-9,11H,4-6,10,12H2,2H3,(H,16,17). The van der Waals surface area contributed by atoms with E-state index in [1.54, 1.807) is 0 Å². The summed E-state index contributed by atoms with van der Waals surface area (Å²) in [6.45, 7) is 2.74. The SMILES string of the molecule is C#CCCCCNC(=O)Cc1cccc(C)c1. The van der Waals surface area contributed by atoms with Gasteiger partial charge < -0.3 is 5.32 Å². The van der Waals surface area contributed by atoms with Crippen LogP contribution >= 0.6 is 0 Å². The number of hydrogen-bond acceptors (Lipinski definition) is 1. The second-order valence-electron chi connectivity index (χ2n) is 4.18. The van der Waals surface area contributed by atoms with E-state index in [1.165, 1.54) is 5.56 Å². The first kappa shape index (κ1) is 13.3. The first-order valence-electron chi connectivity index (χ1n) is 5.98. The number of nitrogens with one attached hydrogen (secondary N) is 1. The van der Waals surface area contributed by atoms with E-state index in [-0.39, 0.29) is 5.91 Å². The lowest BCUT2D eigenvalue weighted by atomic mass is 10.1. The minimum absolute atomic E-state index is 0.0799. The summed E-state index contributed by atoms with van der Waals surface area (Å²) in [6, 6.07) is 8.02. The lowest BCUT2D eigenvalue weighted by Crippen LogP contribution is -2.26. The van der Waals surface area contributed by atoms with E-state index in [2.05, 4.69) is 11.2 Å². The lowest BCUT2D eigenvalue weighted by Gasteiger charge is -2.05. The van der Waals surface area contributed by atoms with Crippen molar-refractivity contribution in [3.05, 3.63) is 35.4 Å². The maximum atomic E-state index is 11.6. The summed E-state index contributed by atoms with van der Waals surface area (Å²) in [5, 5.41) is 2.90. The van der Waals surface area contributed by atoms with Gasteiger partial charge in [-0.25, -0.2) is 0 Å². The number of rotatable bonds is 6. The molecule has 90 valence electrons. The molecule has 1 amide bonds. The third-order valence-corrected chi connectivity index (χ3v) is 2.52. The number of unbranched alkanes of at least 4 members (excludes halogenated alkanes) is 2. The second kappa shape index (κ2) is 7.51. The van der Waals surface area contributed by atoms with E-state index in [9.17, 15) is 4.79 Å². The smallest absolute Gasteiger partial charge is 0.224 e. The third-order valence-electron chi connectivity index (χ3n) is 2.52. The highest BCUT2D eigenvalue weighted by Crippen LogP contribution is 2.04. The van der Waals surface area contributed by atoms with Gasteiger partial charge in [0.2, 0.25) is 5.91 Å². The van der Waals surface area contributed by atoms with E-state index in [4.69, 9.17) is 6.42 Å². The summed E-state index contributed by atoms with van der Waals surface area (Å²) in [5.41, 5.74) is 2.25. The summed E-state index contributed by atoms with van der Waals surface area (Å²) in [5.74, 6) is 2.67. The van der Waals surface area contributed by atoms with Crippen molar-refractivity contribution in [3.8, 4) is 12.3 Å². The summed E-state index contributed by atoms with van der Waals surface area (Å²) in [7, 11) is 0. The summed E-state index contributed by atoms with van der Waals surface area (Å²) in [4.78, 5) is 11.6. The van der Waals surface area contributed by atoms with Gasteiger partial charge in [-0.15, -0.1) is 12.3 Å². The molecule has 0 saturated heterocycles. The van der Waals surface area contributed by atoms with Gasteiger partial charge in [-0.3, -0.25) is 4.79 Å². The molecule has 1 N–H and O–H groups in total. The van der Waals surface area contributed by atoms with Gasteiger partial charge in [0, 0.05) is 13.0 Å². The predicted octanol–water partition coefficient (Wildman–Crippen LogP) is 2.46. The van der Waals surface area contributed by atoms with Gasteiger partial charge in [0.25, 0.3) is 0 Å². The molecule has 0 aromatic heterocycles. The van der Waals surface area contributed by atoms with Gasteiger partial charge in [0.05, 0.1) is 6.42 Å². The van der Waals surface area contributed by atoms with Crippen molar-refractivity contribution in [1.29, 1.82) is 0 Å². The molecular weight excluding hydrogens is 210 g/mol. The minimum Gasteiger partial charge on any atom is -0.356 e. The van der Waals surface area contributed by atoms with Crippen molar-refractivity contribution in [2.24, 2.45) is 0 Å². The molecule has 0 aliphatic rings. The van der Waals surface area contributed by atoms with Crippen molar-refractivity contribution in [2.75, 3.05) is 6.54 Å². The zero-order valence-electron chi connectivity index (χ0n) is 10.3.